The first-order chi connectivity index (χ1) is 10.8. The van der Waals surface area contributed by atoms with Gasteiger partial charge < -0.3 is 10.6 Å². The van der Waals surface area contributed by atoms with E-state index in [1.165, 1.54) is 12.1 Å². The molecule has 0 radical (unpaired) electrons. The first-order valence-corrected chi connectivity index (χ1v) is 9.40. The molecule has 0 saturated carbocycles. The van der Waals surface area contributed by atoms with Gasteiger partial charge in [0.05, 0.1) is 10.9 Å². The number of unbranched alkanes of at least 4 members (excludes halogenated alkanes) is 3. The molecule has 1 unspecified atom stereocenters. The highest BCUT2D eigenvalue weighted by molar-refractivity contribution is 7.89. The standard InChI is InChI=1S/C16H27N3O3S/c1-13(14-8-10-15(11-9-14)23(18,21)22)19(2)16(20)7-5-3-4-6-12-17/h8-11,13H,3-7,12,17H2,1-2H3,(H2,18,21,22). The van der Waals surface area contributed by atoms with Gasteiger partial charge >= 0.3 is 0 Å². The van der Waals surface area contributed by atoms with Gasteiger partial charge in [0, 0.05) is 13.5 Å². The molecule has 1 aromatic carbocycles. The average Bonchev–Trinajstić information content (AvgIpc) is 2.52. The molecule has 0 saturated heterocycles. The van der Waals surface area contributed by atoms with E-state index in [-0.39, 0.29) is 16.8 Å². The molecular weight excluding hydrogens is 314 g/mol. The maximum atomic E-state index is 12.2. The molecule has 0 fully saturated rings. The van der Waals surface area contributed by atoms with E-state index in [1.54, 1.807) is 24.1 Å². The Labute approximate surface area is 138 Å². The van der Waals surface area contributed by atoms with Crippen molar-refractivity contribution in [3.63, 3.8) is 0 Å². The monoisotopic (exact) mass is 341 g/mol. The maximum Gasteiger partial charge on any atom is 0.238 e. The third-order valence-electron chi connectivity index (χ3n) is 4.01. The van der Waals surface area contributed by atoms with Gasteiger partial charge in [-0.05, 0) is 44.0 Å². The molecule has 0 aliphatic rings. The van der Waals surface area contributed by atoms with Crippen LogP contribution in [0.4, 0.5) is 0 Å². The summed E-state index contributed by atoms with van der Waals surface area (Å²) >= 11 is 0. The van der Waals surface area contributed by atoms with Crippen molar-refractivity contribution >= 4 is 15.9 Å². The summed E-state index contributed by atoms with van der Waals surface area (Å²) in [6.07, 6.45) is 4.43. The number of nitrogens with two attached hydrogens (primary N) is 2. The van der Waals surface area contributed by atoms with Crippen LogP contribution in [0.5, 0.6) is 0 Å². The van der Waals surface area contributed by atoms with Crippen LogP contribution in [-0.4, -0.2) is 32.8 Å². The van der Waals surface area contributed by atoms with E-state index in [2.05, 4.69) is 0 Å². The number of hydrogen-bond donors (Lipinski definition) is 2. The Balaban J connectivity index is 2.58. The number of nitrogens with zero attached hydrogens (tertiary/aromatic N) is 1. The van der Waals surface area contributed by atoms with Crippen LogP contribution in [0.15, 0.2) is 29.2 Å². The lowest BCUT2D eigenvalue weighted by Gasteiger charge is -2.25. The summed E-state index contributed by atoms with van der Waals surface area (Å²) in [6, 6.07) is 6.18. The van der Waals surface area contributed by atoms with Gasteiger partial charge in [-0.15, -0.1) is 0 Å². The summed E-state index contributed by atoms with van der Waals surface area (Å²) in [5.74, 6) is 0.0840. The Hall–Kier alpha value is -1.44. The molecule has 1 atom stereocenters. The Morgan fingerprint density at radius 1 is 1.13 bits per heavy atom. The summed E-state index contributed by atoms with van der Waals surface area (Å²) in [4.78, 5) is 14.0. The van der Waals surface area contributed by atoms with E-state index < -0.39 is 10.0 Å². The van der Waals surface area contributed by atoms with Crippen LogP contribution < -0.4 is 10.9 Å². The summed E-state index contributed by atoms with van der Waals surface area (Å²) in [6.45, 7) is 2.61. The fourth-order valence-corrected chi connectivity index (χ4v) is 2.84. The molecule has 130 valence electrons. The number of sulfonamides is 1. The van der Waals surface area contributed by atoms with E-state index in [4.69, 9.17) is 10.9 Å². The number of rotatable bonds is 9. The highest BCUT2D eigenvalue weighted by Gasteiger charge is 2.17. The van der Waals surface area contributed by atoms with Crippen molar-refractivity contribution < 1.29 is 13.2 Å². The topological polar surface area (TPSA) is 106 Å². The zero-order valence-corrected chi connectivity index (χ0v) is 14.7. The average molecular weight is 341 g/mol. The second-order valence-electron chi connectivity index (χ2n) is 5.75. The summed E-state index contributed by atoms with van der Waals surface area (Å²) < 4.78 is 22.5. The van der Waals surface area contributed by atoms with Crippen LogP contribution in [0.1, 0.15) is 50.6 Å². The first kappa shape index (κ1) is 19.6. The smallest absolute Gasteiger partial charge is 0.238 e. The van der Waals surface area contributed by atoms with Gasteiger partial charge in [0.1, 0.15) is 0 Å². The maximum absolute atomic E-state index is 12.2. The number of hydrogen-bond acceptors (Lipinski definition) is 4. The Morgan fingerprint density at radius 2 is 1.70 bits per heavy atom. The molecule has 1 aromatic rings. The number of primary sulfonamides is 1. The Bertz CT molecular complexity index is 600. The second kappa shape index (κ2) is 9.00. The summed E-state index contributed by atoms with van der Waals surface area (Å²) in [7, 11) is -1.93. The van der Waals surface area contributed by atoms with Crippen LogP contribution in [0.3, 0.4) is 0 Å². The minimum atomic E-state index is -3.69. The van der Waals surface area contributed by atoms with Crippen molar-refractivity contribution in [3.05, 3.63) is 29.8 Å². The molecule has 7 heteroatoms. The Morgan fingerprint density at radius 3 is 2.22 bits per heavy atom. The molecule has 1 rings (SSSR count). The molecule has 0 bridgehead atoms. The van der Waals surface area contributed by atoms with Crippen molar-refractivity contribution in [1.82, 2.24) is 4.90 Å². The number of carbonyl (C=O) groups is 1. The molecule has 0 aliphatic heterocycles. The van der Waals surface area contributed by atoms with Crippen LogP contribution in [0, 0.1) is 0 Å². The summed E-state index contributed by atoms with van der Waals surface area (Å²) in [5.41, 5.74) is 6.31. The Kier molecular flexibility index (Phi) is 7.67. The molecule has 1 amide bonds. The lowest BCUT2D eigenvalue weighted by atomic mass is 10.1. The van der Waals surface area contributed by atoms with Gasteiger partial charge in [-0.1, -0.05) is 25.0 Å². The predicted molar refractivity (Wildman–Crippen MR) is 91.1 cm³/mol. The molecule has 0 spiro atoms. The molecule has 4 N–H and O–H groups in total. The first-order valence-electron chi connectivity index (χ1n) is 7.86. The summed E-state index contributed by atoms with van der Waals surface area (Å²) in [5, 5.41) is 5.08. The van der Waals surface area contributed by atoms with Crippen molar-refractivity contribution in [3.8, 4) is 0 Å². The van der Waals surface area contributed by atoms with E-state index in [1.807, 2.05) is 6.92 Å². The fourth-order valence-electron chi connectivity index (χ4n) is 2.33. The van der Waals surface area contributed by atoms with E-state index in [0.717, 1.165) is 31.2 Å². The van der Waals surface area contributed by atoms with Crippen LogP contribution in [0.25, 0.3) is 0 Å². The minimum absolute atomic E-state index is 0.0716. The van der Waals surface area contributed by atoms with Gasteiger partial charge in [0.15, 0.2) is 0 Å². The third-order valence-corrected chi connectivity index (χ3v) is 4.94. The third kappa shape index (κ3) is 6.29. The van der Waals surface area contributed by atoms with Gasteiger partial charge in [-0.25, -0.2) is 13.6 Å². The highest BCUT2D eigenvalue weighted by Crippen LogP contribution is 2.21. The zero-order chi connectivity index (χ0) is 17.5. The largest absolute Gasteiger partial charge is 0.339 e. The number of amides is 1. The lowest BCUT2D eigenvalue weighted by molar-refractivity contribution is -0.131. The lowest BCUT2D eigenvalue weighted by Crippen LogP contribution is -2.29. The molecule has 0 heterocycles. The molecule has 0 aliphatic carbocycles. The fraction of sp³-hybridized carbons (Fsp3) is 0.562. The van der Waals surface area contributed by atoms with Crippen molar-refractivity contribution in [2.45, 2.75) is 50.0 Å². The van der Waals surface area contributed by atoms with Crippen LogP contribution >= 0.6 is 0 Å². The van der Waals surface area contributed by atoms with Crippen molar-refractivity contribution in [1.29, 1.82) is 0 Å². The van der Waals surface area contributed by atoms with Crippen molar-refractivity contribution in [2.75, 3.05) is 13.6 Å². The number of carbonyl (C=O) groups excluding carboxylic acids is 1. The van der Waals surface area contributed by atoms with E-state index >= 15 is 0 Å². The highest BCUT2D eigenvalue weighted by atomic mass is 32.2. The normalized spacial score (nSPS) is 12.9. The molecule has 0 aromatic heterocycles. The van der Waals surface area contributed by atoms with Gasteiger partial charge in [-0.3, -0.25) is 4.79 Å². The quantitative estimate of drug-likeness (QED) is 0.667. The predicted octanol–water partition coefficient (Wildman–Crippen LogP) is 1.76. The van der Waals surface area contributed by atoms with Gasteiger partial charge in [0.25, 0.3) is 0 Å². The van der Waals surface area contributed by atoms with E-state index in [0.29, 0.717) is 13.0 Å². The van der Waals surface area contributed by atoms with Gasteiger partial charge in [0.2, 0.25) is 15.9 Å². The van der Waals surface area contributed by atoms with E-state index in [9.17, 15) is 13.2 Å². The SMILES string of the molecule is CC(c1ccc(S(N)(=O)=O)cc1)N(C)C(=O)CCCCCCN. The minimum Gasteiger partial charge on any atom is -0.339 e. The molecule has 6 nitrogen and oxygen atoms in total. The van der Waals surface area contributed by atoms with Crippen LogP contribution in [-0.2, 0) is 14.8 Å². The zero-order valence-electron chi connectivity index (χ0n) is 13.9. The second-order valence-corrected chi connectivity index (χ2v) is 7.31. The van der Waals surface area contributed by atoms with Crippen molar-refractivity contribution in [2.24, 2.45) is 10.9 Å². The molecular formula is C16H27N3O3S. The van der Waals surface area contributed by atoms with Crippen LogP contribution in [0.2, 0.25) is 0 Å². The molecule has 23 heavy (non-hydrogen) atoms. The van der Waals surface area contributed by atoms with Gasteiger partial charge in [-0.2, -0.15) is 0 Å². The number of benzene rings is 1.